The van der Waals surface area contributed by atoms with Gasteiger partial charge in [-0.3, -0.25) is 19.8 Å². The van der Waals surface area contributed by atoms with Crippen molar-refractivity contribution in [3.05, 3.63) is 0 Å². The minimum Gasteiger partial charge on any atom is -0.465 e. The number of esters is 1. The lowest BCUT2D eigenvalue weighted by molar-refractivity contribution is -0.144. The molecule has 0 saturated carbocycles. The lowest BCUT2D eigenvalue weighted by Gasteiger charge is -2.17. The highest BCUT2D eigenvalue weighted by atomic mass is 16.5. The van der Waals surface area contributed by atoms with Gasteiger partial charge in [-0.1, -0.05) is 6.92 Å². The SMILES string of the molecule is CCOC(=O)CN(CC)CC(=O)NC(=O)OC. The largest absolute Gasteiger partial charge is 0.465 e. The zero-order valence-corrected chi connectivity index (χ0v) is 10.3. The number of nitrogens with one attached hydrogen (secondary N) is 1. The van der Waals surface area contributed by atoms with Crippen LogP contribution in [0.15, 0.2) is 0 Å². The quantitative estimate of drug-likeness (QED) is 0.651. The molecule has 0 saturated heterocycles. The fraction of sp³-hybridized carbons (Fsp3) is 0.700. The number of methoxy groups -OCH3 is 1. The van der Waals surface area contributed by atoms with Crippen LogP contribution in [0, 0.1) is 0 Å². The molecule has 7 heteroatoms. The van der Waals surface area contributed by atoms with Gasteiger partial charge in [0.05, 0.1) is 26.8 Å². The number of likely N-dealkylation sites (N-methyl/N-ethyl adjacent to an activating group) is 1. The molecule has 7 nitrogen and oxygen atoms in total. The zero-order valence-electron chi connectivity index (χ0n) is 10.3. The Kier molecular flexibility index (Phi) is 7.70. The van der Waals surface area contributed by atoms with Crippen molar-refractivity contribution in [3.63, 3.8) is 0 Å². The van der Waals surface area contributed by atoms with Crippen LogP contribution in [0.25, 0.3) is 0 Å². The van der Waals surface area contributed by atoms with E-state index < -0.39 is 18.0 Å². The smallest absolute Gasteiger partial charge is 0.413 e. The summed E-state index contributed by atoms with van der Waals surface area (Å²) < 4.78 is 9.03. The predicted molar refractivity (Wildman–Crippen MR) is 59.3 cm³/mol. The molecular formula is C10H18N2O5. The van der Waals surface area contributed by atoms with E-state index in [4.69, 9.17) is 4.74 Å². The van der Waals surface area contributed by atoms with E-state index in [1.807, 2.05) is 5.32 Å². The normalized spacial score (nSPS) is 9.88. The second-order valence-electron chi connectivity index (χ2n) is 3.15. The van der Waals surface area contributed by atoms with E-state index in [9.17, 15) is 14.4 Å². The third-order valence-electron chi connectivity index (χ3n) is 1.90. The van der Waals surface area contributed by atoms with Gasteiger partial charge in [0.25, 0.3) is 0 Å². The summed E-state index contributed by atoms with van der Waals surface area (Å²) in [5, 5.41) is 2.01. The van der Waals surface area contributed by atoms with Crippen LogP contribution in [-0.2, 0) is 19.1 Å². The first-order valence-electron chi connectivity index (χ1n) is 5.29. The number of hydrogen-bond donors (Lipinski definition) is 1. The molecule has 98 valence electrons. The molecule has 2 amide bonds. The zero-order chi connectivity index (χ0) is 13.3. The third-order valence-corrected chi connectivity index (χ3v) is 1.90. The van der Waals surface area contributed by atoms with Crippen LogP contribution < -0.4 is 5.32 Å². The van der Waals surface area contributed by atoms with Gasteiger partial charge in [0.1, 0.15) is 0 Å². The first-order valence-corrected chi connectivity index (χ1v) is 5.29. The molecule has 0 aliphatic rings. The van der Waals surface area contributed by atoms with Crippen molar-refractivity contribution in [2.75, 3.05) is 33.4 Å². The lowest BCUT2D eigenvalue weighted by atomic mass is 10.4. The van der Waals surface area contributed by atoms with Gasteiger partial charge in [-0.25, -0.2) is 4.79 Å². The van der Waals surface area contributed by atoms with Crippen LogP contribution in [0.2, 0.25) is 0 Å². The van der Waals surface area contributed by atoms with Crippen molar-refractivity contribution in [3.8, 4) is 0 Å². The summed E-state index contributed by atoms with van der Waals surface area (Å²) in [4.78, 5) is 34.8. The summed E-state index contributed by atoms with van der Waals surface area (Å²) in [7, 11) is 1.17. The molecule has 0 rings (SSSR count). The maximum absolute atomic E-state index is 11.3. The Morgan fingerprint density at radius 1 is 1.18 bits per heavy atom. The Bertz CT molecular complexity index is 280. The Labute approximate surface area is 100 Å². The van der Waals surface area contributed by atoms with Gasteiger partial charge in [-0.2, -0.15) is 0 Å². The molecule has 0 atom stereocenters. The van der Waals surface area contributed by atoms with Crippen LogP contribution >= 0.6 is 0 Å². The van der Waals surface area contributed by atoms with Crippen molar-refractivity contribution in [1.29, 1.82) is 0 Å². The molecule has 0 unspecified atom stereocenters. The average molecular weight is 246 g/mol. The molecule has 0 aliphatic heterocycles. The van der Waals surface area contributed by atoms with Gasteiger partial charge >= 0.3 is 12.1 Å². The fourth-order valence-electron chi connectivity index (χ4n) is 1.08. The van der Waals surface area contributed by atoms with Crippen LogP contribution in [0.5, 0.6) is 0 Å². The monoisotopic (exact) mass is 246 g/mol. The van der Waals surface area contributed by atoms with E-state index >= 15 is 0 Å². The molecule has 0 aromatic rings. The Morgan fingerprint density at radius 3 is 2.29 bits per heavy atom. The summed E-state index contributed by atoms with van der Waals surface area (Å²) >= 11 is 0. The standard InChI is InChI=1S/C10H18N2O5/c1-4-12(7-9(14)17-5-2)6-8(13)11-10(15)16-3/h4-7H2,1-3H3,(H,11,13,15). The first-order chi connectivity index (χ1) is 8.03. The Morgan fingerprint density at radius 2 is 1.82 bits per heavy atom. The van der Waals surface area contributed by atoms with E-state index in [-0.39, 0.29) is 13.1 Å². The van der Waals surface area contributed by atoms with Crippen molar-refractivity contribution in [1.82, 2.24) is 10.2 Å². The molecule has 0 bridgehead atoms. The van der Waals surface area contributed by atoms with Gasteiger partial charge < -0.3 is 9.47 Å². The fourth-order valence-corrected chi connectivity index (χ4v) is 1.08. The van der Waals surface area contributed by atoms with Gasteiger partial charge in [-0.05, 0) is 13.5 Å². The van der Waals surface area contributed by atoms with Crippen LogP contribution in [-0.4, -0.2) is 56.2 Å². The summed E-state index contributed by atoms with van der Waals surface area (Å²) in [6, 6.07) is 0. The maximum atomic E-state index is 11.3. The Balaban J connectivity index is 4.07. The van der Waals surface area contributed by atoms with E-state index in [2.05, 4.69) is 4.74 Å². The van der Waals surface area contributed by atoms with E-state index in [0.717, 1.165) is 0 Å². The minimum absolute atomic E-state index is 0.0128. The van der Waals surface area contributed by atoms with Crippen molar-refractivity contribution in [2.45, 2.75) is 13.8 Å². The van der Waals surface area contributed by atoms with Gasteiger partial charge in [0.2, 0.25) is 5.91 Å². The minimum atomic E-state index is -0.817. The molecule has 0 spiro atoms. The predicted octanol–water partition coefficient (Wildman–Crippen LogP) is -0.246. The second-order valence-corrected chi connectivity index (χ2v) is 3.15. The summed E-state index contributed by atoms with van der Waals surface area (Å²) in [6.07, 6.45) is -0.817. The van der Waals surface area contributed by atoms with Crippen LogP contribution in [0.1, 0.15) is 13.8 Å². The molecule has 0 aromatic carbocycles. The molecule has 17 heavy (non-hydrogen) atoms. The van der Waals surface area contributed by atoms with Gasteiger partial charge in [0, 0.05) is 0 Å². The van der Waals surface area contributed by atoms with Crippen molar-refractivity contribution >= 4 is 18.0 Å². The van der Waals surface area contributed by atoms with E-state index in [0.29, 0.717) is 13.2 Å². The molecule has 1 N–H and O–H groups in total. The number of carbonyl (C=O) groups excluding carboxylic acids is 3. The van der Waals surface area contributed by atoms with Crippen LogP contribution in [0.3, 0.4) is 0 Å². The number of amides is 2. The number of alkyl carbamates (subject to hydrolysis) is 1. The lowest BCUT2D eigenvalue weighted by Crippen LogP contribution is -2.42. The van der Waals surface area contributed by atoms with Crippen molar-refractivity contribution < 1.29 is 23.9 Å². The third kappa shape index (κ3) is 7.29. The molecule has 0 fully saturated rings. The summed E-state index contributed by atoms with van der Waals surface area (Å²) in [5.41, 5.74) is 0. The topological polar surface area (TPSA) is 84.9 Å². The number of ether oxygens (including phenoxy) is 2. The van der Waals surface area contributed by atoms with Crippen LogP contribution in [0.4, 0.5) is 4.79 Å². The maximum Gasteiger partial charge on any atom is 0.413 e. The molecule has 0 radical (unpaired) electrons. The second kappa shape index (κ2) is 8.51. The summed E-state index contributed by atoms with van der Waals surface area (Å²) in [6.45, 7) is 4.24. The number of rotatable bonds is 6. The molecular weight excluding hydrogens is 228 g/mol. The number of imide groups is 1. The average Bonchev–Trinajstić information content (AvgIpc) is 2.28. The number of hydrogen-bond acceptors (Lipinski definition) is 6. The van der Waals surface area contributed by atoms with E-state index in [1.165, 1.54) is 7.11 Å². The molecule has 0 aromatic heterocycles. The highest BCUT2D eigenvalue weighted by Crippen LogP contribution is 1.90. The van der Waals surface area contributed by atoms with Crippen molar-refractivity contribution in [2.24, 2.45) is 0 Å². The number of nitrogens with zero attached hydrogens (tertiary/aromatic N) is 1. The highest BCUT2D eigenvalue weighted by molar-refractivity contribution is 5.92. The molecule has 0 aliphatic carbocycles. The number of carbonyl (C=O) groups is 3. The van der Waals surface area contributed by atoms with Gasteiger partial charge in [-0.15, -0.1) is 0 Å². The molecule has 0 heterocycles. The summed E-state index contributed by atoms with van der Waals surface area (Å²) in [5.74, 6) is -0.928. The first kappa shape index (κ1) is 15.4. The van der Waals surface area contributed by atoms with E-state index in [1.54, 1.807) is 18.7 Å². The van der Waals surface area contributed by atoms with Gasteiger partial charge in [0.15, 0.2) is 0 Å². The highest BCUT2D eigenvalue weighted by Gasteiger charge is 2.15. The Hall–Kier alpha value is -1.63.